The van der Waals surface area contributed by atoms with E-state index in [0.29, 0.717) is 13.1 Å². The van der Waals surface area contributed by atoms with Crippen LogP contribution in [-0.4, -0.2) is 30.9 Å². The highest BCUT2D eigenvalue weighted by atomic mass is 19.4. The molecule has 0 saturated heterocycles. The first kappa shape index (κ1) is 13.9. The highest BCUT2D eigenvalue weighted by Gasteiger charge is 2.27. The molecule has 0 aliphatic carbocycles. The molecule has 0 fully saturated rings. The average Bonchev–Trinajstić information content (AvgIpc) is 2.24. The molecular formula is C11H15F3N2O. The van der Waals surface area contributed by atoms with Gasteiger partial charge in [-0.3, -0.25) is 4.98 Å². The van der Waals surface area contributed by atoms with Crippen molar-refractivity contribution in [3.05, 3.63) is 29.6 Å². The molecule has 0 bridgehead atoms. The highest BCUT2D eigenvalue weighted by Crippen LogP contribution is 2.13. The second-order valence-electron chi connectivity index (χ2n) is 3.61. The molecule has 0 aromatic carbocycles. The van der Waals surface area contributed by atoms with Crippen LogP contribution in [0.5, 0.6) is 0 Å². The Balaban J connectivity index is 2.11. The van der Waals surface area contributed by atoms with Crippen molar-refractivity contribution < 1.29 is 17.9 Å². The van der Waals surface area contributed by atoms with Gasteiger partial charge < -0.3 is 10.1 Å². The van der Waals surface area contributed by atoms with Gasteiger partial charge in [-0.25, -0.2) is 0 Å². The Hall–Kier alpha value is -1.14. The Morgan fingerprint density at radius 3 is 2.82 bits per heavy atom. The lowest BCUT2D eigenvalue weighted by molar-refractivity contribution is -0.173. The van der Waals surface area contributed by atoms with E-state index in [9.17, 15) is 13.2 Å². The highest BCUT2D eigenvalue weighted by molar-refractivity contribution is 5.17. The van der Waals surface area contributed by atoms with Crippen molar-refractivity contribution in [1.82, 2.24) is 10.3 Å². The molecule has 0 aliphatic rings. The average molecular weight is 248 g/mol. The second kappa shape index (κ2) is 6.56. The zero-order valence-electron chi connectivity index (χ0n) is 9.55. The molecule has 0 spiro atoms. The maximum atomic E-state index is 11.7. The van der Waals surface area contributed by atoms with Crippen molar-refractivity contribution in [1.29, 1.82) is 0 Å². The summed E-state index contributed by atoms with van der Waals surface area (Å²) in [5, 5.41) is 2.97. The first-order valence-electron chi connectivity index (χ1n) is 5.25. The van der Waals surface area contributed by atoms with Gasteiger partial charge in [-0.15, -0.1) is 0 Å². The molecule has 0 unspecified atom stereocenters. The normalized spacial score (nSPS) is 11.8. The van der Waals surface area contributed by atoms with E-state index in [0.717, 1.165) is 11.3 Å². The molecular weight excluding hydrogens is 233 g/mol. The number of aryl methyl sites for hydroxylation is 1. The summed E-state index contributed by atoms with van der Waals surface area (Å²) in [5.74, 6) is 0. The lowest BCUT2D eigenvalue weighted by Gasteiger charge is -2.09. The number of nitrogens with one attached hydrogen (secondary N) is 1. The summed E-state index contributed by atoms with van der Waals surface area (Å²) >= 11 is 0. The number of alkyl halides is 3. The fourth-order valence-electron chi connectivity index (χ4n) is 1.24. The molecule has 0 atom stereocenters. The summed E-state index contributed by atoms with van der Waals surface area (Å²) in [7, 11) is 0. The van der Waals surface area contributed by atoms with E-state index in [2.05, 4.69) is 15.0 Å². The van der Waals surface area contributed by atoms with Gasteiger partial charge in [0, 0.05) is 19.3 Å². The Bertz CT molecular complexity index is 342. The largest absolute Gasteiger partial charge is 0.411 e. The predicted molar refractivity (Wildman–Crippen MR) is 57.6 cm³/mol. The Morgan fingerprint density at radius 1 is 1.41 bits per heavy atom. The van der Waals surface area contributed by atoms with Crippen LogP contribution in [0.3, 0.4) is 0 Å². The van der Waals surface area contributed by atoms with Crippen LogP contribution in [0.1, 0.15) is 11.3 Å². The molecule has 1 N–H and O–H groups in total. The van der Waals surface area contributed by atoms with Crippen molar-refractivity contribution in [2.75, 3.05) is 19.8 Å². The van der Waals surface area contributed by atoms with Crippen molar-refractivity contribution in [2.45, 2.75) is 19.6 Å². The third kappa shape index (κ3) is 6.23. The van der Waals surface area contributed by atoms with Crippen LogP contribution in [-0.2, 0) is 11.3 Å². The van der Waals surface area contributed by atoms with Gasteiger partial charge in [-0.1, -0.05) is 6.07 Å². The van der Waals surface area contributed by atoms with Crippen molar-refractivity contribution >= 4 is 0 Å². The lowest BCUT2D eigenvalue weighted by atomic mass is 10.2. The minimum Gasteiger partial charge on any atom is -0.371 e. The molecule has 3 nitrogen and oxygen atoms in total. The predicted octanol–water partition coefficient (Wildman–Crippen LogP) is 2.06. The minimum absolute atomic E-state index is 0.0331. The number of ether oxygens (including phenoxy) is 1. The Labute approximate surface area is 98.0 Å². The number of hydrogen-bond acceptors (Lipinski definition) is 3. The minimum atomic E-state index is -4.25. The van der Waals surface area contributed by atoms with E-state index in [4.69, 9.17) is 0 Å². The number of nitrogens with zero attached hydrogens (tertiary/aromatic N) is 1. The van der Waals surface area contributed by atoms with Crippen molar-refractivity contribution in [3.63, 3.8) is 0 Å². The number of aromatic nitrogens is 1. The summed E-state index contributed by atoms with van der Waals surface area (Å²) < 4.78 is 39.6. The first-order valence-corrected chi connectivity index (χ1v) is 5.25. The number of pyridine rings is 1. The molecule has 1 rings (SSSR count). The van der Waals surface area contributed by atoms with Crippen molar-refractivity contribution in [3.8, 4) is 0 Å². The fourth-order valence-corrected chi connectivity index (χ4v) is 1.24. The molecule has 0 saturated carbocycles. The van der Waals surface area contributed by atoms with Crippen LogP contribution in [0.2, 0.25) is 0 Å². The third-order valence-electron chi connectivity index (χ3n) is 2.10. The summed E-state index contributed by atoms with van der Waals surface area (Å²) in [6.07, 6.45) is -2.57. The van der Waals surface area contributed by atoms with Crippen LogP contribution in [0, 0.1) is 6.92 Å². The first-order chi connectivity index (χ1) is 7.99. The van der Waals surface area contributed by atoms with Crippen LogP contribution < -0.4 is 5.32 Å². The maximum absolute atomic E-state index is 11.7. The summed E-state index contributed by atoms with van der Waals surface area (Å²) in [6, 6.07) is 3.77. The van der Waals surface area contributed by atoms with Crippen LogP contribution in [0.15, 0.2) is 18.3 Å². The molecule has 17 heavy (non-hydrogen) atoms. The standard InChI is InChI=1S/C11H15F3N2O/c1-9-3-2-4-16-10(9)7-15-5-6-17-8-11(12,13)14/h2-4,15H,5-8H2,1H3. The monoisotopic (exact) mass is 248 g/mol. The van der Waals surface area contributed by atoms with Gasteiger partial charge in [0.25, 0.3) is 0 Å². The van der Waals surface area contributed by atoms with Gasteiger partial charge in [0.1, 0.15) is 6.61 Å². The number of hydrogen-bond donors (Lipinski definition) is 1. The van der Waals surface area contributed by atoms with E-state index >= 15 is 0 Å². The van der Waals surface area contributed by atoms with E-state index < -0.39 is 12.8 Å². The topological polar surface area (TPSA) is 34.2 Å². The van der Waals surface area contributed by atoms with Crippen LogP contribution in [0.4, 0.5) is 13.2 Å². The fraction of sp³-hybridized carbons (Fsp3) is 0.545. The molecule has 0 aliphatic heterocycles. The molecule has 0 radical (unpaired) electrons. The smallest absolute Gasteiger partial charge is 0.371 e. The third-order valence-corrected chi connectivity index (χ3v) is 2.10. The van der Waals surface area contributed by atoms with Crippen molar-refractivity contribution in [2.24, 2.45) is 0 Å². The molecule has 1 aromatic heterocycles. The lowest BCUT2D eigenvalue weighted by Crippen LogP contribution is -2.24. The molecule has 96 valence electrons. The number of rotatable bonds is 6. The quantitative estimate of drug-likeness (QED) is 0.782. The summed E-state index contributed by atoms with van der Waals surface area (Å²) in [5.41, 5.74) is 1.94. The molecule has 0 amide bonds. The van der Waals surface area contributed by atoms with Gasteiger partial charge in [-0.05, 0) is 18.6 Å². The van der Waals surface area contributed by atoms with E-state index in [1.165, 1.54) is 0 Å². The second-order valence-corrected chi connectivity index (χ2v) is 3.61. The van der Waals surface area contributed by atoms with Crippen LogP contribution in [0.25, 0.3) is 0 Å². The van der Waals surface area contributed by atoms with Gasteiger partial charge in [-0.2, -0.15) is 13.2 Å². The van der Waals surface area contributed by atoms with Gasteiger partial charge in [0.2, 0.25) is 0 Å². The van der Waals surface area contributed by atoms with Crippen LogP contribution >= 0.6 is 0 Å². The van der Waals surface area contributed by atoms with Gasteiger partial charge >= 0.3 is 6.18 Å². The molecule has 1 heterocycles. The van der Waals surface area contributed by atoms with E-state index in [-0.39, 0.29) is 6.61 Å². The maximum Gasteiger partial charge on any atom is 0.411 e. The molecule has 6 heteroatoms. The van der Waals surface area contributed by atoms with Gasteiger partial charge in [0.15, 0.2) is 0 Å². The zero-order valence-corrected chi connectivity index (χ0v) is 9.55. The zero-order chi connectivity index (χ0) is 12.7. The SMILES string of the molecule is Cc1cccnc1CNCCOCC(F)(F)F. The molecule has 1 aromatic rings. The summed E-state index contributed by atoms with van der Waals surface area (Å²) in [4.78, 5) is 4.15. The van der Waals surface area contributed by atoms with E-state index in [1.54, 1.807) is 6.20 Å². The summed E-state index contributed by atoms with van der Waals surface area (Å²) in [6.45, 7) is 1.67. The number of halogens is 3. The Morgan fingerprint density at radius 2 is 2.18 bits per heavy atom. The van der Waals surface area contributed by atoms with Gasteiger partial charge in [0.05, 0.1) is 12.3 Å². The Kier molecular flexibility index (Phi) is 5.37. The van der Waals surface area contributed by atoms with E-state index in [1.807, 2.05) is 19.1 Å².